The first-order valence-corrected chi connectivity index (χ1v) is 6.23. The number of halogens is 1. The van der Waals surface area contributed by atoms with Crippen LogP contribution >= 0.6 is 27.3 Å². The van der Waals surface area contributed by atoms with Crippen molar-refractivity contribution in [2.75, 3.05) is 20.8 Å². The molecule has 1 aromatic rings. The number of methoxy groups -OCH3 is 1. The third kappa shape index (κ3) is 3.69. The minimum atomic E-state index is 0.459. The zero-order valence-corrected chi connectivity index (χ0v) is 11.2. The zero-order chi connectivity index (χ0) is 10.6. The Balaban J connectivity index is 2.43. The summed E-state index contributed by atoms with van der Waals surface area (Å²) in [5, 5.41) is 2.12. The molecule has 14 heavy (non-hydrogen) atoms. The maximum Gasteiger partial charge on any atom is 0.0615 e. The van der Waals surface area contributed by atoms with Gasteiger partial charge < -0.3 is 4.74 Å². The van der Waals surface area contributed by atoms with E-state index in [4.69, 9.17) is 4.74 Å². The van der Waals surface area contributed by atoms with Crippen LogP contribution in [0.5, 0.6) is 0 Å². The lowest BCUT2D eigenvalue weighted by atomic mass is 10.3. The van der Waals surface area contributed by atoms with E-state index in [1.54, 1.807) is 18.4 Å². The number of nitrogens with zero attached hydrogens (tertiary/aromatic N) is 1. The highest BCUT2D eigenvalue weighted by Crippen LogP contribution is 2.21. The van der Waals surface area contributed by atoms with E-state index >= 15 is 0 Å². The standard InChI is InChI=1S/C10H16BrNOS/c1-8(6-13-3)12(2)5-10-4-9(11)7-14-10/h4,7-8H,5-6H2,1-3H3. The van der Waals surface area contributed by atoms with Gasteiger partial charge in [-0.15, -0.1) is 11.3 Å². The molecule has 0 aromatic carbocycles. The quantitative estimate of drug-likeness (QED) is 0.821. The second kappa shape index (κ2) is 5.85. The molecule has 1 unspecified atom stereocenters. The SMILES string of the molecule is COCC(C)N(C)Cc1cc(Br)cs1. The van der Waals surface area contributed by atoms with E-state index in [-0.39, 0.29) is 0 Å². The van der Waals surface area contributed by atoms with Gasteiger partial charge in [0.2, 0.25) is 0 Å². The summed E-state index contributed by atoms with van der Waals surface area (Å²) in [5.74, 6) is 0. The van der Waals surface area contributed by atoms with Crippen LogP contribution in [0.25, 0.3) is 0 Å². The lowest BCUT2D eigenvalue weighted by Crippen LogP contribution is -2.31. The number of thiophene rings is 1. The summed E-state index contributed by atoms with van der Waals surface area (Å²) >= 11 is 5.24. The van der Waals surface area contributed by atoms with Crippen molar-refractivity contribution in [3.63, 3.8) is 0 Å². The maximum absolute atomic E-state index is 5.12. The second-order valence-corrected chi connectivity index (χ2v) is 5.36. The first kappa shape index (κ1) is 12.2. The van der Waals surface area contributed by atoms with E-state index < -0.39 is 0 Å². The minimum Gasteiger partial charge on any atom is -0.383 e. The summed E-state index contributed by atoms with van der Waals surface area (Å²) in [4.78, 5) is 3.67. The fourth-order valence-corrected chi connectivity index (χ4v) is 2.72. The van der Waals surface area contributed by atoms with Gasteiger partial charge in [0.25, 0.3) is 0 Å². The molecule has 4 heteroatoms. The van der Waals surface area contributed by atoms with Gasteiger partial charge in [0.1, 0.15) is 0 Å². The zero-order valence-electron chi connectivity index (χ0n) is 8.79. The Morgan fingerprint density at radius 2 is 2.36 bits per heavy atom. The molecule has 80 valence electrons. The van der Waals surface area contributed by atoms with Crippen molar-refractivity contribution in [1.82, 2.24) is 4.90 Å². The van der Waals surface area contributed by atoms with Crippen molar-refractivity contribution in [2.45, 2.75) is 19.5 Å². The molecular weight excluding hydrogens is 262 g/mol. The highest BCUT2D eigenvalue weighted by atomic mass is 79.9. The summed E-state index contributed by atoms with van der Waals surface area (Å²) in [7, 11) is 3.86. The van der Waals surface area contributed by atoms with E-state index in [2.05, 4.69) is 46.2 Å². The van der Waals surface area contributed by atoms with Gasteiger partial charge in [0, 0.05) is 34.4 Å². The van der Waals surface area contributed by atoms with Gasteiger partial charge >= 0.3 is 0 Å². The Morgan fingerprint density at radius 3 is 2.86 bits per heavy atom. The third-order valence-electron chi connectivity index (χ3n) is 2.19. The fraction of sp³-hybridized carbons (Fsp3) is 0.600. The molecule has 1 atom stereocenters. The van der Waals surface area contributed by atoms with Crippen LogP contribution in [0.2, 0.25) is 0 Å². The van der Waals surface area contributed by atoms with Crippen LogP contribution in [0.3, 0.4) is 0 Å². The van der Waals surface area contributed by atoms with E-state index in [9.17, 15) is 0 Å². The molecule has 0 radical (unpaired) electrons. The Kier molecular flexibility index (Phi) is 5.09. The number of rotatable bonds is 5. The largest absolute Gasteiger partial charge is 0.383 e. The topological polar surface area (TPSA) is 12.5 Å². The van der Waals surface area contributed by atoms with Gasteiger partial charge in [-0.25, -0.2) is 0 Å². The average molecular weight is 278 g/mol. The first-order valence-electron chi connectivity index (χ1n) is 4.55. The van der Waals surface area contributed by atoms with Gasteiger partial charge in [0.15, 0.2) is 0 Å². The van der Waals surface area contributed by atoms with Crippen molar-refractivity contribution in [3.05, 3.63) is 20.8 Å². The summed E-state index contributed by atoms with van der Waals surface area (Å²) < 4.78 is 6.29. The third-order valence-corrected chi connectivity index (χ3v) is 3.87. The molecule has 1 rings (SSSR count). The summed E-state index contributed by atoms with van der Waals surface area (Å²) in [5.41, 5.74) is 0. The molecule has 0 spiro atoms. The van der Waals surface area contributed by atoms with E-state index in [0.29, 0.717) is 6.04 Å². The van der Waals surface area contributed by atoms with Gasteiger partial charge in [-0.3, -0.25) is 4.90 Å². The van der Waals surface area contributed by atoms with Crippen molar-refractivity contribution in [3.8, 4) is 0 Å². The molecule has 0 saturated heterocycles. The summed E-state index contributed by atoms with van der Waals surface area (Å²) in [6.07, 6.45) is 0. The van der Waals surface area contributed by atoms with Crippen molar-refractivity contribution < 1.29 is 4.74 Å². The maximum atomic E-state index is 5.12. The molecular formula is C10H16BrNOS. The molecule has 0 aliphatic heterocycles. The smallest absolute Gasteiger partial charge is 0.0615 e. The Hall–Kier alpha value is 0.1000. The highest BCUT2D eigenvalue weighted by molar-refractivity contribution is 9.10. The highest BCUT2D eigenvalue weighted by Gasteiger charge is 2.09. The van der Waals surface area contributed by atoms with Gasteiger partial charge in [-0.2, -0.15) is 0 Å². The second-order valence-electron chi connectivity index (χ2n) is 3.45. The van der Waals surface area contributed by atoms with Crippen LogP contribution in [-0.4, -0.2) is 31.7 Å². The Bertz CT molecular complexity index is 277. The fourth-order valence-electron chi connectivity index (χ4n) is 1.21. The number of likely N-dealkylation sites (N-methyl/N-ethyl adjacent to an activating group) is 1. The van der Waals surface area contributed by atoms with Gasteiger partial charge in [-0.1, -0.05) is 0 Å². The molecule has 2 nitrogen and oxygen atoms in total. The molecule has 0 amide bonds. The lowest BCUT2D eigenvalue weighted by Gasteiger charge is -2.23. The molecule has 0 aliphatic carbocycles. The normalized spacial score (nSPS) is 13.5. The molecule has 0 bridgehead atoms. The van der Waals surface area contributed by atoms with E-state index in [1.807, 2.05) is 0 Å². The minimum absolute atomic E-state index is 0.459. The molecule has 1 aromatic heterocycles. The molecule has 0 N–H and O–H groups in total. The molecule has 1 heterocycles. The lowest BCUT2D eigenvalue weighted by molar-refractivity contribution is 0.112. The predicted octanol–water partition coefficient (Wildman–Crippen LogP) is 2.98. The van der Waals surface area contributed by atoms with Crippen molar-refractivity contribution in [2.24, 2.45) is 0 Å². The van der Waals surface area contributed by atoms with Gasteiger partial charge in [0.05, 0.1) is 6.61 Å². The van der Waals surface area contributed by atoms with Crippen LogP contribution in [0, 0.1) is 0 Å². The summed E-state index contributed by atoms with van der Waals surface area (Å²) in [6.45, 7) is 3.94. The average Bonchev–Trinajstić information content (AvgIpc) is 2.51. The van der Waals surface area contributed by atoms with Crippen LogP contribution < -0.4 is 0 Å². The monoisotopic (exact) mass is 277 g/mol. The van der Waals surface area contributed by atoms with E-state index in [1.165, 1.54) is 9.35 Å². The van der Waals surface area contributed by atoms with Crippen LogP contribution in [0.1, 0.15) is 11.8 Å². The number of hydrogen-bond donors (Lipinski definition) is 0. The molecule has 0 aliphatic rings. The number of hydrogen-bond acceptors (Lipinski definition) is 3. The van der Waals surface area contributed by atoms with Crippen LogP contribution in [-0.2, 0) is 11.3 Å². The first-order chi connectivity index (χ1) is 6.63. The number of ether oxygens (including phenoxy) is 1. The van der Waals surface area contributed by atoms with E-state index in [0.717, 1.165) is 13.2 Å². The molecule has 0 saturated carbocycles. The predicted molar refractivity (Wildman–Crippen MR) is 64.8 cm³/mol. The van der Waals surface area contributed by atoms with Crippen LogP contribution in [0.4, 0.5) is 0 Å². The van der Waals surface area contributed by atoms with Gasteiger partial charge in [-0.05, 0) is 36.0 Å². The van der Waals surface area contributed by atoms with Crippen molar-refractivity contribution >= 4 is 27.3 Å². The van der Waals surface area contributed by atoms with Crippen molar-refractivity contribution in [1.29, 1.82) is 0 Å². The molecule has 0 fully saturated rings. The summed E-state index contributed by atoms with van der Waals surface area (Å²) in [6, 6.07) is 2.63. The van der Waals surface area contributed by atoms with Crippen LogP contribution in [0.15, 0.2) is 15.9 Å². The Labute approximate surface area is 98.0 Å². The Morgan fingerprint density at radius 1 is 1.64 bits per heavy atom.